The summed E-state index contributed by atoms with van der Waals surface area (Å²) in [6.07, 6.45) is 5.83. The van der Waals surface area contributed by atoms with E-state index in [-0.39, 0.29) is 5.66 Å². The van der Waals surface area contributed by atoms with E-state index < -0.39 is 6.49 Å². The Morgan fingerprint density at radius 1 is 1.42 bits per heavy atom. The first-order chi connectivity index (χ1) is 5.67. The van der Waals surface area contributed by atoms with E-state index >= 15 is 0 Å². The zero-order valence-electron chi connectivity index (χ0n) is 7.53. The quantitative estimate of drug-likeness (QED) is 0.723. The molecule has 1 aliphatic rings. The molecule has 4 heteroatoms. The van der Waals surface area contributed by atoms with Gasteiger partial charge in [0.2, 0.25) is 0 Å². The van der Waals surface area contributed by atoms with Crippen LogP contribution in [0.15, 0.2) is 0 Å². The van der Waals surface area contributed by atoms with Crippen LogP contribution < -0.4 is 0 Å². The Labute approximate surface area is 79.5 Å². The van der Waals surface area contributed by atoms with Gasteiger partial charge in [0.25, 0.3) is 0 Å². The van der Waals surface area contributed by atoms with Crippen LogP contribution in [0.3, 0.4) is 0 Å². The van der Waals surface area contributed by atoms with Crippen molar-refractivity contribution in [2.45, 2.75) is 44.7 Å². The van der Waals surface area contributed by atoms with Crippen molar-refractivity contribution in [2.24, 2.45) is 0 Å². The topological polar surface area (TPSA) is 29.5 Å². The highest BCUT2D eigenvalue weighted by Gasteiger charge is 2.28. The first-order valence-corrected chi connectivity index (χ1v) is 7.38. The molecule has 72 valence electrons. The molecule has 1 aliphatic carbocycles. The molecular formula is C8H17O2PS. The highest BCUT2D eigenvalue weighted by Crippen LogP contribution is 2.52. The van der Waals surface area contributed by atoms with Crippen molar-refractivity contribution in [1.29, 1.82) is 0 Å². The number of hydrogen-bond donors (Lipinski definition) is 1. The van der Waals surface area contributed by atoms with Gasteiger partial charge < -0.3 is 9.42 Å². The molecule has 0 aliphatic heterocycles. The Morgan fingerprint density at radius 3 is 2.50 bits per heavy atom. The summed E-state index contributed by atoms with van der Waals surface area (Å²) >= 11 is 5.11. The normalized spacial score (nSPS) is 25.2. The summed E-state index contributed by atoms with van der Waals surface area (Å²) in [5.41, 5.74) is 0.279. The van der Waals surface area contributed by atoms with Gasteiger partial charge in [-0.05, 0) is 31.6 Å². The highest BCUT2D eigenvalue weighted by atomic mass is 32.5. The van der Waals surface area contributed by atoms with Gasteiger partial charge in [0, 0.05) is 5.66 Å². The molecule has 1 N–H and O–H groups in total. The molecule has 1 rings (SSSR count). The predicted molar refractivity (Wildman–Crippen MR) is 55.0 cm³/mol. The Morgan fingerprint density at radius 2 is 2.00 bits per heavy atom. The summed E-state index contributed by atoms with van der Waals surface area (Å²) in [4.78, 5) is 9.84. The molecule has 1 saturated carbocycles. The van der Waals surface area contributed by atoms with Gasteiger partial charge in [-0.25, -0.2) is 0 Å². The SMILES string of the molecule is CCOP(O)(=S)C1CCCCC1. The van der Waals surface area contributed by atoms with Crippen LogP contribution in [-0.4, -0.2) is 17.2 Å². The lowest BCUT2D eigenvalue weighted by Crippen LogP contribution is -2.14. The molecule has 1 fully saturated rings. The molecule has 0 saturated heterocycles. The lowest BCUT2D eigenvalue weighted by Gasteiger charge is -2.28. The van der Waals surface area contributed by atoms with Gasteiger partial charge in [0.15, 0.2) is 6.49 Å². The van der Waals surface area contributed by atoms with E-state index in [2.05, 4.69) is 0 Å². The fraction of sp³-hybridized carbons (Fsp3) is 1.00. The van der Waals surface area contributed by atoms with E-state index in [1.165, 1.54) is 19.3 Å². The molecule has 0 aromatic rings. The lowest BCUT2D eigenvalue weighted by atomic mass is 10.0. The molecule has 1 unspecified atom stereocenters. The van der Waals surface area contributed by atoms with E-state index in [1.54, 1.807) is 0 Å². The Balaban J connectivity index is 2.48. The van der Waals surface area contributed by atoms with Crippen LogP contribution >= 0.6 is 6.49 Å². The van der Waals surface area contributed by atoms with Crippen molar-refractivity contribution >= 4 is 18.3 Å². The third kappa shape index (κ3) is 2.81. The molecule has 0 aromatic heterocycles. The lowest BCUT2D eigenvalue weighted by molar-refractivity contribution is 0.308. The molecule has 0 bridgehead atoms. The molecule has 0 aromatic carbocycles. The van der Waals surface area contributed by atoms with E-state index in [4.69, 9.17) is 16.3 Å². The molecular weight excluding hydrogens is 191 g/mol. The van der Waals surface area contributed by atoms with Gasteiger partial charge >= 0.3 is 0 Å². The third-order valence-electron chi connectivity index (χ3n) is 2.35. The minimum absolute atomic E-state index is 0.279. The first kappa shape index (κ1) is 10.6. The summed E-state index contributed by atoms with van der Waals surface area (Å²) in [6.45, 7) is 0.000289. The molecule has 0 radical (unpaired) electrons. The van der Waals surface area contributed by atoms with Crippen molar-refractivity contribution in [1.82, 2.24) is 0 Å². The number of hydrogen-bond acceptors (Lipinski definition) is 2. The van der Waals surface area contributed by atoms with Crippen LogP contribution in [0.2, 0.25) is 0 Å². The van der Waals surface area contributed by atoms with E-state index in [1.807, 2.05) is 6.92 Å². The van der Waals surface area contributed by atoms with Crippen LogP contribution in [0.1, 0.15) is 39.0 Å². The number of rotatable bonds is 3. The predicted octanol–water partition coefficient (Wildman–Crippen LogP) is 2.66. The summed E-state index contributed by atoms with van der Waals surface area (Å²) in [7, 11) is 0. The van der Waals surface area contributed by atoms with Gasteiger partial charge in [-0.1, -0.05) is 19.3 Å². The van der Waals surface area contributed by atoms with Crippen LogP contribution in [0.5, 0.6) is 0 Å². The van der Waals surface area contributed by atoms with Gasteiger partial charge in [-0.2, -0.15) is 0 Å². The summed E-state index contributed by atoms with van der Waals surface area (Å²) in [6, 6.07) is 0. The molecule has 0 spiro atoms. The van der Waals surface area contributed by atoms with Gasteiger partial charge in [-0.15, -0.1) is 0 Å². The van der Waals surface area contributed by atoms with Crippen molar-refractivity contribution < 1.29 is 9.42 Å². The smallest absolute Gasteiger partial charge is 0.189 e. The molecule has 12 heavy (non-hydrogen) atoms. The average Bonchev–Trinajstić information content (AvgIpc) is 2.06. The summed E-state index contributed by atoms with van der Waals surface area (Å²) in [5.74, 6) is 0. The summed E-state index contributed by atoms with van der Waals surface area (Å²) < 4.78 is 5.25. The second-order valence-corrected chi connectivity index (χ2v) is 6.96. The Kier molecular flexibility index (Phi) is 4.18. The fourth-order valence-corrected chi connectivity index (χ4v) is 4.24. The van der Waals surface area contributed by atoms with Crippen LogP contribution in [0.25, 0.3) is 0 Å². The Hall–Kier alpha value is 0.570. The standard InChI is InChI=1S/C8H17O2PS/c1-2-10-11(9,12)8-6-4-3-5-7-8/h8H,2-7H2,1H3,(H,9,12). The van der Waals surface area contributed by atoms with Gasteiger partial charge in [0.1, 0.15) is 0 Å². The molecule has 1 atom stereocenters. The van der Waals surface area contributed by atoms with Crippen molar-refractivity contribution in [3.63, 3.8) is 0 Å². The molecule has 0 heterocycles. The van der Waals surface area contributed by atoms with E-state index in [0.717, 1.165) is 12.8 Å². The summed E-state index contributed by atoms with van der Waals surface area (Å²) in [5, 5.41) is 0. The Bertz CT molecular complexity index is 178. The second-order valence-electron chi connectivity index (χ2n) is 3.27. The minimum Gasteiger partial charge on any atom is -0.345 e. The van der Waals surface area contributed by atoms with Gasteiger partial charge in [0.05, 0.1) is 6.61 Å². The maximum absolute atomic E-state index is 9.84. The molecule has 2 nitrogen and oxygen atoms in total. The largest absolute Gasteiger partial charge is 0.345 e. The van der Waals surface area contributed by atoms with Crippen molar-refractivity contribution in [3.05, 3.63) is 0 Å². The van der Waals surface area contributed by atoms with Crippen molar-refractivity contribution in [3.8, 4) is 0 Å². The maximum atomic E-state index is 9.84. The van der Waals surface area contributed by atoms with E-state index in [9.17, 15) is 4.89 Å². The first-order valence-electron chi connectivity index (χ1n) is 4.64. The second kappa shape index (κ2) is 4.71. The monoisotopic (exact) mass is 208 g/mol. The maximum Gasteiger partial charge on any atom is 0.189 e. The van der Waals surface area contributed by atoms with Crippen LogP contribution in [0, 0.1) is 0 Å². The fourth-order valence-electron chi connectivity index (χ4n) is 1.70. The average molecular weight is 208 g/mol. The third-order valence-corrected chi connectivity index (χ3v) is 5.63. The van der Waals surface area contributed by atoms with Crippen LogP contribution in [-0.2, 0) is 16.3 Å². The molecule has 0 amide bonds. The zero-order chi connectivity index (χ0) is 9.03. The van der Waals surface area contributed by atoms with Gasteiger partial charge in [-0.3, -0.25) is 0 Å². The van der Waals surface area contributed by atoms with Crippen LogP contribution in [0.4, 0.5) is 0 Å². The highest BCUT2D eigenvalue weighted by molar-refractivity contribution is 8.09. The van der Waals surface area contributed by atoms with E-state index in [0.29, 0.717) is 6.61 Å². The van der Waals surface area contributed by atoms with Crippen molar-refractivity contribution in [2.75, 3.05) is 6.61 Å². The minimum atomic E-state index is -2.43. The zero-order valence-corrected chi connectivity index (χ0v) is 9.24.